The summed E-state index contributed by atoms with van der Waals surface area (Å²) in [5.74, 6) is 0.387. The highest BCUT2D eigenvalue weighted by Crippen LogP contribution is 2.53. The number of ether oxygens (including phenoxy) is 1. The van der Waals surface area contributed by atoms with Crippen LogP contribution >= 0.6 is 11.6 Å². The molecule has 1 aliphatic heterocycles. The van der Waals surface area contributed by atoms with Gasteiger partial charge in [-0.15, -0.1) is 0 Å². The first-order valence-corrected chi connectivity index (χ1v) is 12.3. The van der Waals surface area contributed by atoms with Crippen molar-refractivity contribution in [3.8, 4) is 5.69 Å². The Morgan fingerprint density at radius 2 is 1.46 bits per heavy atom. The normalized spacial score (nSPS) is 21.5. The zero-order chi connectivity index (χ0) is 25.3. The summed E-state index contributed by atoms with van der Waals surface area (Å²) in [5, 5.41) is 5.38. The van der Waals surface area contributed by atoms with Gasteiger partial charge in [0.05, 0.1) is 17.3 Å². The molecule has 0 amide bonds. The molecule has 0 unspecified atom stereocenters. The van der Waals surface area contributed by atoms with Gasteiger partial charge >= 0.3 is 0 Å². The Labute approximate surface area is 210 Å². The Hall–Kier alpha value is -2.99. The molecule has 0 N–H and O–H groups in total. The van der Waals surface area contributed by atoms with E-state index in [0.29, 0.717) is 70.4 Å². The van der Waals surface area contributed by atoms with Crippen LogP contribution in [0, 0.1) is 10.8 Å². The van der Waals surface area contributed by atoms with Crippen molar-refractivity contribution >= 4 is 29.0 Å². The summed E-state index contributed by atoms with van der Waals surface area (Å²) in [4.78, 5) is 39.6. The van der Waals surface area contributed by atoms with Crippen molar-refractivity contribution in [2.24, 2.45) is 10.8 Å². The van der Waals surface area contributed by atoms with Gasteiger partial charge in [0.15, 0.2) is 17.3 Å². The van der Waals surface area contributed by atoms with E-state index < -0.39 is 5.92 Å². The molecule has 0 fully saturated rings. The van der Waals surface area contributed by atoms with E-state index in [1.54, 1.807) is 35.0 Å². The minimum Gasteiger partial charge on any atom is -0.465 e. The Balaban J connectivity index is 1.72. The van der Waals surface area contributed by atoms with Crippen molar-refractivity contribution in [1.82, 2.24) is 9.78 Å². The third kappa shape index (κ3) is 4.18. The number of aromatic nitrogens is 2. The van der Waals surface area contributed by atoms with Gasteiger partial charge in [0.2, 0.25) is 0 Å². The molecule has 0 radical (unpaired) electrons. The maximum absolute atomic E-state index is 13.5. The molecule has 5 rings (SSSR count). The number of Topliss-reactive ketones (excluding diaryl/α,β-unsaturated/α-hetero) is 3. The van der Waals surface area contributed by atoms with Gasteiger partial charge in [-0.05, 0) is 41.2 Å². The molecule has 1 aromatic heterocycles. The molecule has 2 aromatic rings. The summed E-state index contributed by atoms with van der Waals surface area (Å²) >= 11 is 6.06. The largest absolute Gasteiger partial charge is 0.465 e. The maximum Gasteiger partial charge on any atom is 0.178 e. The minimum absolute atomic E-state index is 0.0316. The van der Waals surface area contributed by atoms with E-state index in [1.165, 1.54) is 6.92 Å². The quantitative estimate of drug-likeness (QED) is 0.481. The monoisotopic (exact) mass is 492 g/mol. The third-order valence-electron chi connectivity index (χ3n) is 7.04. The second-order valence-electron chi connectivity index (χ2n) is 11.5. The Kier molecular flexibility index (Phi) is 5.44. The lowest BCUT2D eigenvalue weighted by Crippen LogP contribution is -2.37. The lowest BCUT2D eigenvalue weighted by atomic mass is 9.66. The average molecular weight is 493 g/mol. The second kappa shape index (κ2) is 8.02. The number of rotatable bonds is 3. The van der Waals surface area contributed by atoms with Crippen LogP contribution in [0.1, 0.15) is 82.4 Å². The summed E-state index contributed by atoms with van der Waals surface area (Å²) in [6, 6.07) is 8.75. The number of benzene rings is 1. The van der Waals surface area contributed by atoms with Crippen LogP contribution in [0.25, 0.3) is 5.69 Å². The van der Waals surface area contributed by atoms with Crippen LogP contribution in [0.5, 0.6) is 0 Å². The molecule has 2 heterocycles. The summed E-state index contributed by atoms with van der Waals surface area (Å²) < 4.78 is 7.91. The fraction of sp³-hybridized carbons (Fsp3) is 0.429. The van der Waals surface area contributed by atoms with Crippen LogP contribution in [0.3, 0.4) is 0 Å². The van der Waals surface area contributed by atoms with Crippen LogP contribution in [-0.4, -0.2) is 27.1 Å². The second-order valence-corrected chi connectivity index (χ2v) is 11.9. The van der Waals surface area contributed by atoms with E-state index in [9.17, 15) is 14.4 Å². The molecule has 7 heteroatoms. The third-order valence-corrected chi connectivity index (χ3v) is 7.29. The molecule has 0 atom stereocenters. The molecule has 6 nitrogen and oxygen atoms in total. The number of carbonyl (C=O) groups is 3. The van der Waals surface area contributed by atoms with E-state index in [4.69, 9.17) is 21.4 Å². The van der Waals surface area contributed by atoms with Gasteiger partial charge in [-0.1, -0.05) is 39.3 Å². The van der Waals surface area contributed by atoms with Gasteiger partial charge in [0, 0.05) is 48.8 Å². The number of carbonyl (C=O) groups excluding carboxylic acids is 3. The number of halogens is 1. The van der Waals surface area contributed by atoms with Crippen molar-refractivity contribution < 1.29 is 19.1 Å². The molecule has 2 aliphatic carbocycles. The Morgan fingerprint density at radius 3 is 1.94 bits per heavy atom. The Morgan fingerprint density at radius 1 is 0.943 bits per heavy atom. The first-order chi connectivity index (χ1) is 16.3. The molecule has 0 spiro atoms. The predicted octanol–water partition coefficient (Wildman–Crippen LogP) is 6.13. The van der Waals surface area contributed by atoms with Crippen molar-refractivity contribution in [2.75, 3.05) is 0 Å². The zero-order valence-corrected chi connectivity index (χ0v) is 21.5. The lowest BCUT2D eigenvalue weighted by Gasteiger charge is -2.42. The molecule has 0 bridgehead atoms. The van der Waals surface area contributed by atoms with Gasteiger partial charge in [0.1, 0.15) is 17.2 Å². The van der Waals surface area contributed by atoms with Crippen molar-refractivity contribution in [1.29, 1.82) is 0 Å². The first kappa shape index (κ1) is 23.7. The molecule has 35 heavy (non-hydrogen) atoms. The van der Waals surface area contributed by atoms with E-state index in [-0.39, 0.29) is 28.2 Å². The fourth-order valence-electron chi connectivity index (χ4n) is 5.54. The fourth-order valence-corrected chi connectivity index (χ4v) is 5.67. The van der Waals surface area contributed by atoms with E-state index >= 15 is 0 Å². The van der Waals surface area contributed by atoms with Crippen LogP contribution < -0.4 is 0 Å². The number of ketones is 3. The molecule has 1 aromatic carbocycles. The summed E-state index contributed by atoms with van der Waals surface area (Å²) in [5.41, 5.74) is 2.10. The molecule has 3 aliphatic rings. The first-order valence-electron chi connectivity index (χ1n) is 11.9. The van der Waals surface area contributed by atoms with Crippen LogP contribution in [-0.2, 0) is 14.3 Å². The SMILES string of the molecule is CC(=O)c1cc(C2C3=C(CC(C)(C)CC3=O)OC3=C2C(=O)CC(C)(C)C3)nn1-c1ccc(Cl)cc1. The molecular weight excluding hydrogens is 464 g/mol. The van der Waals surface area contributed by atoms with E-state index in [0.717, 1.165) is 0 Å². The summed E-state index contributed by atoms with van der Waals surface area (Å²) in [6.07, 6.45) is 1.94. The van der Waals surface area contributed by atoms with Crippen molar-refractivity contribution in [3.63, 3.8) is 0 Å². The Bertz CT molecular complexity index is 1290. The van der Waals surface area contributed by atoms with Gasteiger partial charge < -0.3 is 4.74 Å². The van der Waals surface area contributed by atoms with Gasteiger partial charge in [-0.3, -0.25) is 14.4 Å². The summed E-state index contributed by atoms with van der Waals surface area (Å²) in [6.45, 7) is 9.69. The van der Waals surface area contributed by atoms with Gasteiger partial charge in [0.25, 0.3) is 0 Å². The highest BCUT2D eigenvalue weighted by molar-refractivity contribution is 6.30. The topological polar surface area (TPSA) is 78.3 Å². The van der Waals surface area contributed by atoms with Crippen molar-refractivity contribution in [3.05, 3.63) is 69.4 Å². The zero-order valence-electron chi connectivity index (χ0n) is 20.7. The number of nitrogens with zero attached hydrogens (tertiary/aromatic N) is 2. The highest BCUT2D eigenvalue weighted by Gasteiger charge is 2.48. The smallest absolute Gasteiger partial charge is 0.178 e. The lowest BCUT2D eigenvalue weighted by molar-refractivity contribution is -0.120. The number of hydrogen-bond acceptors (Lipinski definition) is 5. The number of allylic oxidation sites excluding steroid dienone is 4. The molecule has 0 saturated heterocycles. The van der Waals surface area contributed by atoms with E-state index in [1.807, 2.05) is 0 Å². The van der Waals surface area contributed by atoms with Crippen LogP contribution in [0.4, 0.5) is 0 Å². The summed E-state index contributed by atoms with van der Waals surface area (Å²) in [7, 11) is 0. The van der Waals surface area contributed by atoms with Crippen LogP contribution in [0.2, 0.25) is 5.02 Å². The minimum atomic E-state index is -0.646. The van der Waals surface area contributed by atoms with Gasteiger partial charge in [-0.25, -0.2) is 4.68 Å². The van der Waals surface area contributed by atoms with E-state index in [2.05, 4.69) is 27.7 Å². The maximum atomic E-state index is 13.5. The molecule has 0 saturated carbocycles. The molecular formula is C28H29ClN2O4. The molecule has 182 valence electrons. The average Bonchev–Trinajstić information content (AvgIpc) is 3.16. The predicted molar refractivity (Wildman–Crippen MR) is 133 cm³/mol. The van der Waals surface area contributed by atoms with Gasteiger partial charge in [-0.2, -0.15) is 5.10 Å². The standard InChI is InChI=1S/C28H29ClN2O4/c1-15(32)19-10-18(30-31(19)17-8-6-16(29)7-9-17)24-25-20(33)11-27(2,3)13-22(25)35-23-14-28(4,5)12-21(34)26(23)24/h6-10,24H,11-14H2,1-5H3. The van der Waals surface area contributed by atoms with Crippen molar-refractivity contribution in [2.45, 2.75) is 66.2 Å². The highest BCUT2D eigenvalue weighted by atomic mass is 35.5. The van der Waals surface area contributed by atoms with Crippen LogP contribution in [0.15, 0.2) is 53.0 Å². The number of hydrogen-bond donors (Lipinski definition) is 0.